The van der Waals surface area contributed by atoms with E-state index in [0.29, 0.717) is 6.54 Å². The molecule has 0 saturated carbocycles. The summed E-state index contributed by atoms with van der Waals surface area (Å²) >= 11 is 0. The van der Waals surface area contributed by atoms with E-state index in [1.165, 1.54) is 0 Å². The Hall–Kier alpha value is -2.96. The molecule has 2 unspecified atom stereocenters. The minimum Gasteiger partial charge on any atom is -0.340 e. The number of rotatable bonds is 3. The van der Waals surface area contributed by atoms with Crippen molar-refractivity contribution in [2.24, 2.45) is 5.92 Å². The number of carbonyl (C=O) groups excluding carboxylic acids is 1. The lowest BCUT2D eigenvalue weighted by Crippen LogP contribution is -2.45. The van der Waals surface area contributed by atoms with Crippen molar-refractivity contribution in [2.45, 2.75) is 31.7 Å². The summed E-state index contributed by atoms with van der Waals surface area (Å²) in [7, 11) is 0. The van der Waals surface area contributed by atoms with Crippen LogP contribution in [0.4, 0.5) is 5.95 Å². The number of hydrogen-bond acceptors (Lipinski definition) is 5. The van der Waals surface area contributed by atoms with Crippen molar-refractivity contribution in [1.82, 2.24) is 24.8 Å². The van der Waals surface area contributed by atoms with Crippen LogP contribution in [0.2, 0.25) is 0 Å². The zero-order valence-electron chi connectivity index (χ0n) is 15.8. The third-order valence-electron chi connectivity index (χ3n) is 5.86. The van der Waals surface area contributed by atoms with E-state index in [9.17, 15) is 4.79 Å². The number of fused-ring (bicyclic) bond motifs is 1. The Morgan fingerprint density at radius 1 is 1.04 bits per heavy atom. The second-order valence-corrected chi connectivity index (χ2v) is 7.66. The van der Waals surface area contributed by atoms with Crippen molar-refractivity contribution in [2.75, 3.05) is 24.5 Å². The van der Waals surface area contributed by atoms with Crippen molar-refractivity contribution in [3.63, 3.8) is 0 Å². The van der Waals surface area contributed by atoms with Gasteiger partial charge >= 0.3 is 0 Å². The quantitative estimate of drug-likeness (QED) is 0.760. The molecule has 5 rings (SSSR count). The van der Waals surface area contributed by atoms with Crippen LogP contribution in [0.5, 0.6) is 0 Å². The average molecular weight is 376 g/mol. The summed E-state index contributed by atoms with van der Waals surface area (Å²) < 4.78 is 0. The Balaban J connectivity index is 1.35. The Morgan fingerprint density at radius 2 is 1.86 bits per heavy atom. The Labute approximate surface area is 163 Å². The number of anilines is 1. The van der Waals surface area contributed by atoms with Crippen LogP contribution in [0.25, 0.3) is 11.0 Å². The van der Waals surface area contributed by atoms with Gasteiger partial charge in [0.15, 0.2) is 0 Å². The molecule has 1 N–H and O–H groups in total. The highest BCUT2D eigenvalue weighted by molar-refractivity contribution is 5.81. The number of nitrogens with one attached hydrogen (secondary N) is 1. The lowest BCUT2D eigenvalue weighted by molar-refractivity contribution is -0.136. The van der Waals surface area contributed by atoms with Crippen molar-refractivity contribution in [3.8, 4) is 0 Å². The molecule has 1 amide bonds. The van der Waals surface area contributed by atoms with Gasteiger partial charge in [0.05, 0.1) is 23.0 Å². The van der Waals surface area contributed by atoms with Gasteiger partial charge in [-0.15, -0.1) is 0 Å². The first-order chi connectivity index (χ1) is 13.8. The van der Waals surface area contributed by atoms with Gasteiger partial charge in [0.2, 0.25) is 11.9 Å². The molecule has 0 spiro atoms. The number of likely N-dealkylation sites (tertiary alicyclic amines) is 1. The lowest BCUT2D eigenvalue weighted by atomic mass is 9.96. The molecule has 0 aliphatic carbocycles. The fraction of sp³-hybridized carbons (Fsp3) is 0.429. The van der Waals surface area contributed by atoms with Gasteiger partial charge in [0.25, 0.3) is 0 Å². The topological polar surface area (TPSA) is 78.0 Å². The number of aromatic nitrogens is 4. The molecule has 2 aliphatic rings. The zero-order valence-corrected chi connectivity index (χ0v) is 15.8. The van der Waals surface area contributed by atoms with E-state index in [2.05, 4.69) is 19.9 Å². The molecule has 2 aromatic heterocycles. The van der Waals surface area contributed by atoms with Crippen LogP contribution in [-0.4, -0.2) is 50.4 Å². The fourth-order valence-corrected chi connectivity index (χ4v) is 4.49. The Kier molecular flexibility index (Phi) is 4.43. The second-order valence-electron chi connectivity index (χ2n) is 7.66. The van der Waals surface area contributed by atoms with Crippen LogP contribution in [0.15, 0.2) is 42.7 Å². The maximum Gasteiger partial charge on any atom is 0.228 e. The number of hydrogen-bond donors (Lipinski definition) is 1. The zero-order chi connectivity index (χ0) is 18.9. The normalized spacial score (nSPS) is 22.7. The molecule has 144 valence electrons. The van der Waals surface area contributed by atoms with Gasteiger partial charge < -0.3 is 14.8 Å². The van der Waals surface area contributed by atoms with E-state index in [1.54, 1.807) is 12.4 Å². The average Bonchev–Trinajstić information content (AvgIpc) is 3.40. The standard InChI is InChI=1S/C21H24N6O/c28-20(15-6-3-12-26(14-15)21-22-10-5-11-23-21)27-13-4-9-18(27)19-24-16-7-1-2-8-17(16)25-19/h1-2,5,7-8,10-11,15,18H,3-4,6,9,12-14H2,(H,24,25). The third-order valence-corrected chi connectivity index (χ3v) is 5.86. The number of piperidine rings is 1. The van der Waals surface area contributed by atoms with Crippen LogP contribution in [0.1, 0.15) is 37.5 Å². The number of benzene rings is 1. The van der Waals surface area contributed by atoms with Gasteiger partial charge in [0.1, 0.15) is 5.82 Å². The molecular formula is C21H24N6O. The summed E-state index contributed by atoms with van der Waals surface area (Å²) in [6.07, 6.45) is 7.40. The highest BCUT2D eigenvalue weighted by Crippen LogP contribution is 2.34. The largest absolute Gasteiger partial charge is 0.340 e. The van der Waals surface area contributed by atoms with Crippen molar-refractivity contribution >= 4 is 22.9 Å². The molecule has 0 radical (unpaired) electrons. The molecule has 4 heterocycles. The second kappa shape index (κ2) is 7.22. The monoisotopic (exact) mass is 376 g/mol. The van der Waals surface area contributed by atoms with E-state index in [4.69, 9.17) is 4.98 Å². The maximum absolute atomic E-state index is 13.4. The summed E-state index contributed by atoms with van der Waals surface area (Å²) in [5, 5.41) is 0. The van der Waals surface area contributed by atoms with Gasteiger partial charge in [0, 0.05) is 32.0 Å². The first-order valence-corrected chi connectivity index (χ1v) is 10.1. The van der Waals surface area contributed by atoms with E-state index in [-0.39, 0.29) is 17.9 Å². The van der Waals surface area contributed by atoms with Gasteiger partial charge in [-0.3, -0.25) is 4.79 Å². The summed E-state index contributed by atoms with van der Waals surface area (Å²) in [4.78, 5) is 34.5. The number of aromatic amines is 1. The van der Waals surface area contributed by atoms with Gasteiger partial charge in [-0.25, -0.2) is 15.0 Å². The van der Waals surface area contributed by atoms with Gasteiger partial charge in [-0.2, -0.15) is 0 Å². The molecular weight excluding hydrogens is 352 g/mol. The number of nitrogens with zero attached hydrogens (tertiary/aromatic N) is 5. The lowest BCUT2D eigenvalue weighted by Gasteiger charge is -2.35. The molecule has 7 nitrogen and oxygen atoms in total. The number of carbonyl (C=O) groups is 1. The molecule has 7 heteroatoms. The number of para-hydroxylation sites is 2. The smallest absolute Gasteiger partial charge is 0.228 e. The predicted molar refractivity (Wildman–Crippen MR) is 107 cm³/mol. The van der Waals surface area contributed by atoms with E-state index in [1.807, 2.05) is 35.2 Å². The maximum atomic E-state index is 13.4. The van der Waals surface area contributed by atoms with Crippen LogP contribution in [0, 0.1) is 5.92 Å². The highest BCUT2D eigenvalue weighted by atomic mass is 16.2. The van der Waals surface area contributed by atoms with Crippen LogP contribution >= 0.6 is 0 Å². The Morgan fingerprint density at radius 3 is 2.71 bits per heavy atom. The van der Waals surface area contributed by atoms with E-state index in [0.717, 1.165) is 61.6 Å². The molecule has 3 aromatic rings. The van der Waals surface area contributed by atoms with E-state index < -0.39 is 0 Å². The van der Waals surface area contributed by atoms with Crippen LogP contribution < -0.4 is 4.90 Å². The Bertz CT molecular complexity index is 938. The predicted octanol–water partition coefficient (Wildman–Crippen LogP) is 2.93. The minimum absolute atomic E-state index is 0.0115. The van der Waals surface area contributed by atoms with Crippen molar-refractivity contribution in [1.29, 1.82) is 0 Å². The molecule has 2 saturated heterocycles. The number of amides is 1. The first kappa shape index (κ1) is 17.2. The summed E-state index contributed by atoms with van der Waals surface area (Å²) in [5.41, 5.74) is 1.99. The molecule has 2 aliphatic heterocycles. The number of imidazole rings is 1. The first-order valence-electron chi connectivity index (χ1n) is 10.1. The molecule has 2 atom stereocenters. The molecule has 28 heavy (non-hydrogen) atoms. The van der Waals surface area contributed by atoms with E-state index >= 15 is 0 Å². The van der Waals surface area contributed by atoms with Crippen LogP contribution in [-0.2, 0) is 4.79 Å². The summed E-state index contributed by atoms with van der Waals surface area (Å²) in [5.74, 6) is 1.85. The van der Waals surface area contributed by atoms with Gasteiger partial charge in [-0.05, 0) is 43.9 Å². The summed E-state index contributed by atoms with van der Waals surface area (Å²) in [6.45, 7) is 2.39. The van der Waals surface area contributed by atoms with Crippen LogP contribution in [0.3, 0.4) is 0 Å². The minimum atomic E-state index is -0.0115. The van der Waals surface area contributed by atoms with Crippen molar-refractivity contribution in [3.05, 3.63) is 48.5 Å². The number of H-pyrrole nitrogens is 1. The molecule has 2 fully saturated rings. The molecule has 1 aromatic carbocycles. The van der Waals surface area contributed by atoms with Gasteiger partial charge in [-0.1, -0.05) is 12.1 Å². The highest BCUT2D eigenvalue weighted by Gasteiger charge is 2.37. The van der Waals surface area contributed by atoms with Crippen molar-refractivity contribution < 1.29 is 4.79 Å². The summed E-state index contributed by atoms with van der Waals surface area (Å²) in [6, 6.07) is 9.90. The molecule has 0 bridgehead atoms. The fourth-order valence-electron chi connectivity index (χ4n) is 4.49. The SMILES string of the molecule is O=C(C1CCCN(c2ncccn2)C1)N1CCCC1c1nc2ccccc2[nH]1. The third kappa shape index (κ3) is 3.10.